The number of aromatic nitrogens is 2. The molecule has 3 aromatic carbocycles. The Morgan fingerprint density at radius 1 is 0.903 bits per heavy atom. The van der Waals surface area contributed by atoms with E-state index in [1.807, 2.05) is 6.07 Å². The zero-order valence-corrected chi connectivity index (χ0v) is 17.7. The first kappa shape index (κ1) is 18.3. The summed E-state index contributed by atoms with van der Waals surface area (Å²) in [5, 5.41) is 9.36. The molecule has 6 heteroatoms. The van der Waals surface area contributed by atoms with Crippen molar-refractivity contribution in [2.24, 2.45) is 0 Å². The second kappa shape index (κ2) is 7.03. The Balaban J connectivity index is 1.59. The summed E-state index contributed by atoms with van der Waals surface area (Å²) < 4.78 is 11.3. The molecule has 1 aliphatic heterocycles. The first-order valence-electron chi connectivity index (χ1n) is 10.6. The molecule has 2 N–H and O–H groups in total. The fraction of sp³-hybridized carbons (Fsp3) is 0.240. The van der Waals surface area contributed by atoms with E-state index in [4.69, 9.17) is 14.5 Å². The topological polar surface area (TPSA) is 62.4 Å². The summed E-state index contributed by atoms with van der Waals surface area (Å²) in [7, 11) is 4.19. The van der Waals surface area contributed by atoms with Crippen molar-refractivity contribution in [3.8, 4) is 11.5 Å². The van der Waals surface area contributed by atoms with E-state index in [0.717, 1.165) is 69.5 Å². The minimum Gasteiger partial charge on any atom is -0.454 e. The van der Waals surface area contributed by atoms with Gasteiger partial charge in [0.05, 0.1) is 5.52 Å². The molecule has 1 aliphatic rings. The molecule has 6 nitrogen and oxygen atoms in total. The number of pyridine rings is 1. The minimum absolute atomic E-state index is 0.256. The lowest BCUT2D eigenvalue weighted by atomic mass is 10.0. The lowest BCUT2D eigenvalue weighted by molar-refractivity contribution is 0.174. The molecule has 0 spiro atoms. The molecule has 3 heterocycles. The maximum Gasteiger partial charge on any atom is 0.231 e. The van der Waals surface area contributed by atoms with Crippen LogP contribution in [0.1, 0.15) is 6.42 Å². The van der Waals surface area contributed by atoms with E-state index in [1.165, 1.54) is 10.8 Å². The van der Waals surface area contributed by atoms with Crippen LogP contribution in [0.3, 0.4) is 0 Å². The van der Waals surface area contributed by atoms with Crippen LogP contribution >= 0.6 is 0 Å². The predicted molar refractivity (Wildman–Crippen MR) is 126 cm³/mol. The summed E-state index contributed by atoms with van der Waals surface area (Å²) in [6.45, 7) is 2.15. The van der Waals surface area contributed by atoms with Gasteiger partial charge >= 0.3 is 0 Å². The van der Waals surface area contributed by atoms with Crippen molar-refractivity contribution < 1.29 is 9.47 Å². The first-order valence-corrected chi connectivity index (χ1v) is 10.6. The van der Waals surface area contributed by atoms with E-state index in [0.29, 0.717) is 0 Å². The standard InChI is InChI=1S/C25H24N4O2/c1-29(2)9-5-8-26-25-19-11-21-17(15-6-3-4-7-20(15)27-21)10-16(19)18-12-23-24(31-14-30-23)13-22(18)28-25/h3-4,6-7,10-13,27H,5,8-9,14H2,1-2H3,(H,26,28). The van der Waals surface area contributed by atoms with Gasteiger partial charge in [0.2, 0.25) is 6.79 Å². The number of hydrogen-bond donors (Lipinski definition) is 2. The second-order valence-electron chi connectivity index (χ2n) is 8.38. The van der Waals surface area contributed by atoms with Gasteiger partial charge in [0, 0.05) is 45.2 Å². The molecule has 0 atom stereocenters. The number of H-pyrrole nitrogens is 1. The van der Waals surface area contributed by atoms with Crippen LogP contribution < -0.4 is 14.8 Å². The van der Waals surface area contributed by atoms with Gasteiger partial charge in [-0.15, -0.1) is 0 Å². The van der Waals surface area contributed by atoms with Crippen LogP contribution in [0.25, 0.3) is 43.5 Å². The third-order valence-corrected chi connectivity index (χ3v) is 5.99. The fourth-order valence-electron chi connectivity index (χ4n) is 4.47. The van der Waals surface area contributed by atoms with Crippen molar-refractivity contribution in [3.05, 3.63) is 48.5 Å². The van der Waals surface area contributed by atoms with Crippen LogP contribution in [0.2, 0.25) is 0 Å². The van der Waals surface area contributed by atoms with E-state index in [2.05, 4.69) is 71.8 Å². The van der Waals surface area contributed by atoms with Crippen LogP contribution in [0, 0.1) is 0 Å². The molecule has 0 aliphatic carbocycles. The van der Waals surface area contributed by atoms with E-state index in [-0.39, 0.29) is 6.79 Å². The van der Waals surface area contributed by atoms with Gasteiger partial charge in [-0.3, -0.25) is 0 Å². The van der Waals surface area contributed by atoms with Crippen LogP contribution in [0.4, 0.5) is 5.82 Å². The van der Waals surface area contributed by atoms with Gasteiger partial charge in [-0.05, 0) is 56.7 Å². The number of nitrogens with zero attached hydrogens (tertiary/aromatic N) is 2. The summed E-state index contributed by atoms with van der Waals surface area (Å²) in [4.78, 5) is 10.7. The quantitative estimate of drug-likeness (QED) is 0.310. The summed E-state index contributed by atoms with van der Waals surface area (Å²) in [6.07, 6.45) is 1.05. The summed E-state index contributed by atoms with van der Waals surface area (Å²) in [6, 6.07) is 17.0. The number of para-hydroxylation sites is 1. The van der Waals surface area contributed by atoms with Crippen LogP contribution in [-0.2, 0) is 0 Å². The maximum absolute atomic E-state index is 5.65. The normalized spacial score (nSPS) is 13.3. The van der Waals surface area contributed by atoms with Crippen molar-refractivity contribution >= 4 is 49.3 Å². The van der Waals surface area contributed by atoms with Gasteiger partial charge in [-0.1, -0.05) is 18.2 Å². The van der Waals surface area contributed by atoms with Crippen LogP contribution in [0.15, 0.2) is 48.5 Å². The van der Waals surface area contributed by atoms with Crippen molar-refractivity contribution in [1.29, 1.82) is 0 Å². The number of fused-ring (bicyclic) bond motifs is 7. The second-order valence-corrected chi connectivity index (χ2v) is 8.38. The molecule has 0 radical (unpaired) electrons. The molecule has 5 aromatic rings. The number of anilines is 1. The highest BCUT2D eigenvalue weighted by Crippen LogP contribution is 2.41. The van der Waals surface area contributed by atoms with Crippen molar-refractivity contribution in [2.45, 2.75) is 6.42 Å². The average Bonchev–Trinajstić information content (AvgIpc) is 3.37. The molecular weight excluding hydrogens is 388 g/mol. The van der Waals surface area contributed by atoms with Crippen molar-refractivity contribution in [3.63, 3.8) is 0 Å². The van der Waals surface area contributed by atoms with Gasteiger partial charge in [0.25, 0.3) is 0 Å². The van der Waals surface area contributed by atoms with Crippen LogP contribution in [0.5, 0.6) is 11.5 Å². The molecule has 6 rings (SSSR count). The maximum atomic E-state index is 5.65. The van der Waals surface area contributed by atoms with Crippen molar-refractivity contribution in [2.75, 3.05) is 39.3 Å². The molecule has 0 saturated heterocycles. The smallest absolute Gasteiger partial charge is 0.231 e. The Kier molecular flexibility index (Phi) is 4.14. The molecular formula is C25H24N4O2. The lowest BCUT2D eigenvalue weighted by Gasteiger charge is -2.14. The Hall–Kier alpha value is -3.51. The number of benzene rings is 3. The third-order valence-electron chi connectivity index (χ3n) is 5.99. The number of nitrogens with one attached hydrogen (secondary N) is 2. The number of ether oxygens (including phenoxy) is 2. The molecule has 0 amide bonds. The number of hydrogen-bond acceptors (Lipinski definition) is 5. The lowest BCUT2D eigenvalue weighted by Crippen LogP contribution is -2.16. The molecule has 0 unspecified atom stereocenters. The SMILES string of the molecule is CN(C)CCCNc1nc2cc3c(cc2c2cc4c(cc12)[nH]c1ccccc14)OCO3. The Morgan fingerprint density at radius 3 is 2.61 bits per heavy atom. The predicted octanol–water partition coefficient (Wildman–Crippen LogP) is 5.11. The third kappa shape index (κ3) is 3.02. The highest BCUT2D eigenvalue weighted by Gasteiger charge is 2.18. The van der Waals surface area contributed by atoms with E-state index in [1.54, 1.807) is 0 Å². The number of aromatic amines is 1. The molecule has 2 aromatic heterocycles. The summed E-state index contributed by atoms with van der Waals surface area (Å²) in [5.74, 6) is 2.44. The highest BCUT2D eigenvalue weighted by atomic mass is 16.7. The zero-order valence-electron chi connectivity index (χ0n) is 17.7. The largest absolute Gasteiger partial charge is 0.454 e. The van der Waals surface area contributed by atoms with Crippen LogP contribution in [-0.4, -0.2) is 48.8 Å². The molecule has 0 fully saturated rings. The van der Waals surface area contributed by atoms with Gasteiger partial charge in [-0.25, -0.2) is 4.98 Å². The average molecular weight is 412 g/mol. The summed E-state index contributed by atoms with van der Waals surface area (Å²) >= 11 is 0. The number of rotatable bonds is 5. The van der Waals surface area contributed by atoms with Gasteiger partial charge in [-0.2, -0.15) is 0 Å². The Labute approximate surface area is 179 Å². The highest BCUT2D eigenvalue weighted by molar-refractivity contribution is 6.19. The van der Waals surface area contributed by atoms with E-state index >= 15 is 0 Å². The molecule has 31 heavy (non-hydrogen) atoms. The summed E-state index contributed by atoms with van der Waals surface area (Å²) in [5.41, 5.74) is 3.17. The van der Waals surface area contributed by atoms with Gasteiger partial charge < -0.3 is 24.7 Å². The molecule has 156 valence electrons. The zero-order chi connectivity index (χ0) is 20.9. The van der Waals surface area contributed by atoms with E-state index in [9.17, 15) is 0 Å². The molecule has 0 bridgehead atoms. The molecule has 0 saturated carbocycles. The van der Waals surface area contributed by atoms with Gasteiger partial charge in [0.15, 0.2) is 11.5 Å². The minimum atomic E-state index is 0.256. The Morgan fingerprint density at radius 2 is 1.74 bits per heavy atom. The van der Waals surface area contributed by atoms with Crippen molar-refractivity contribution in [1.82, 2.24) is 14.9 Å². The first-order chi connectivity index (χ1) is 15.2. The van der Waals surface area contributed by atoms with Gasteiger partial charge in [0.1, 0.15) is 5.82 Å². The Bertz CT molecular complexity index is 1450. The monoisotopic (exact) mass is 412 g/mol. The fourth-order valence-corrected chi connectivity index (χ4v) is 4.47. The van der Waals surface area contributed by atoms with E-state index < -0.39 is 0 Å².